The average molecular weight is 484 g/mol. The van der Waals surface area contributed by atoms with Gasteiger partial charge in [-0.05, 0) is 12.1 Å². The fourth-order valence-electron chi connectivity index (χ4n) is 2.68. The molecular weight excluding hydrogens is 470 g/mol. The molecule has 0 saturated carbocycles. The molecular formula is C17H14F6N4O2S2. The molecule has 0 fully saturated rings. The van der Waals surface area contributed by atoms with E-state index in [-0.39, 0.29) is 22.1 Å². The van der Waals surface area contributed by atoms with E-state index in [0.29, 0.717) is 29.5 Å². The molecule has 3 aromatic heterocycles. The normalized spacial score (nSPS) is 13.2. The van der Waals surface area contributed by atoms with Crippen molar-refractivity contribution < 1.29 is 34.8 Å². The number of imidazole rings is 1. The second kappa shape index (κ2) is 7.97. The Morgan fingerprint density at radius 2 is 1.74 bits per heavy atom. The molecule has 0 bridgehead atoms. The van der Waals surface area contributed by atoms with Crippen molar-refractivity contribution in [3.8, 4) is 11.5 Å². The minimum atomic E-state index is -4.80. The molecule has 0 amide bonds. The average Bonchev–Trinajstić information content (AvgIpc) is 3.00. The van der Waals surface area contributed by atoms with Gasteiger partial charge in [-0.25, -0.2) is 18.4 Å². The zero-order valence-electron chi connectivity index (χ0n) is 15.9. The summed E-state index contributed by atoms with van der Waals surface area (Å²) in [5.74, 6) is -1.69. The molecule has 0 unspecified atom stereocenters. The van der Waals surface area contributed by atoms with Crippen LogP contribution in [0.2, 0.25) is 0 Å². The van der Waals surface area contributed by atoms with Crippen LogP contribution in [0, 0.1) is 0 Å². The molecule has 0 atom stereocenters. The first-order valence-electron chi connectivity index (χ1n) is 8.55. The molecule has 0 radical (unpaired) electrons. The van der Waals surface area contributed by atoms with Gasteiger partial charge in [0.1, 0.15) is 5.69 Å². The number of hydrogen-bond donors (Lipinski definition) is 0. The molecule has 0 saturated heterocycles. The highest BCUT2D eigenvalue weighted by Crippen LogP contribution is 2.35. The van der Waals surface area contributed by atoms with Crippen molar-refractivity contribution in [2.45, 2.75) is 29.2 Å². The Labute approximate surface area is 176 Å². The fraction of sp³-hybridized carbons (Fsp3) is 0.353. The lowest BCUT2D eigenvalue weighted by Crippen LogP contribution is -2.13. The minimum Gasteiger partial charge on any atom is -0.324 e. The fourth-order valence-corrected chi connectivity index (χ4v) is 4.37. The summed E-state index contributed by atoms with van der Waals surface area (Å²) in [6.45, 7) is 1.28. The van der Waals surface area contributed by atoms with Gasteiger partial charge in [0.25, 0.3) is 0 Å². The molecule has 6 nitrogen and oxygen atoms in total. The van der Waals surface area contributed by atoms with Crippen molar-refractivity contribution in [1.82, 2.24) is 19.5 Å². The van der Waals surface area contributed by atoms with Gasteiger partial charge in [0.15, 0.2) is 15.7 Å². The van der Waals surface area contributed by atoms with Crippen LogP contribution in [0.1, 0.15) is 12.5 Å². The molecule has 168 valence electrons. The molecule has 31 heavy (non-hydrogen) atoms. The van der Waals surface area contributed by atoms with Crippen molar-refractivity contribution in [3.63, 3.8) is 0 Å². The first kappa shape index (κ1) is 23.3. The molecule has 0 N–H and O–H groups in total. The Bertz CT molecular complexity index is 1240. The Morgan fingerprint density at radius 3 is 2.32 bits per heavy atom. The summed E-state index contributed by atoms with van der Waals surface area (Å²) in [5, 5.41) is 0.0382. The van der Waals surface area contributed by atoms with E-state index in [1.165, 1.54) is 30.8 Å². The number of alkyl halides is 6. The topological polar surface area (TPSA) is 77.7 Å². The summed E-state index contributed by atoms with van der Waals surface area (Å²) in [5.41, 5.74) is -0.987. The zero-order chi connectivity index (χ0) is 23.2. The summed E-state index contributed by atoms with van der Waals surface area (Å²) in [4.78, 5) is 11.2. The van der Waals surface area contributed by atoms with Gasteiger partial charge < -0.3 is 4.57 Å². The third-order valence-corrected chi connectivity index (χ3v) is 6.96. The largest absolute Gasteiger partial charge is 0.417 e. The highest BCUT2D eigenvalue weighted by atomic mass is 32.2. The summed E-state index contributed by atoms with van der Waals surface area (Å²) in [6.07, 6.45) is -7.44. The highest BCUT2D eigenvalue weighted by Gasteiger charge is 2.34. The molecule has 14 heteroatoms. The van der Waals surface area contributed by atoms with Gasteiger partial charge in [-0.3, -0.25) is 4.98 Å². The Balaban J connectivity index is 2.15. The predicted octanol–water partition coefficient (Wildman–Crippen LogP) is 4.50. The number of halogens is 6. The Hall–Kier alpha value is -2.35. The van der Waals surface area contributed by atoms with E-state index in [0.717, 1.165) is 0 Å². The molecule has 0 aliphatic heterocycles. The van der Waals surface area contributed by atoms with E-state index in [9.17, 15) is 34.8 Å². The number of fused-ring (bicyclic) bond motifs is 1. The second-order valence-electron chi connectivity index (χ2n) is 6.38. The number of sulfone groups is 1. The summed E-state index contributed by atoms with van der Waals surface area (Å²) >= 11 is 0.447. The van der Waals surface area contributed by atoms with Crippen molar-refractivity contribution in [2.75, 3.05) is 11.5 Å². The molecule has 0 aliphatic carbocycles. The van der Waals surface area contributed by atoms with Crippen LogP contribution in [0.3, 0.4) is 0 Å². The first-order chi connectivity index (χ1) is 14.2. The summed E-state index contributed by atoms with van der Waals surface area (Å²) in [7, 11) is -2.64. The molecule has 3 aromatic rings. The van der Waals surface area contributed by atoms with Crippen LogP contribution in [0.5, 0.6) is 0 Å². The maximum Gasteiger partial charge on any atom is 0.417 e. The van der Waals surface area contributed by atoms with Gasteiger partial charge in [-0.1, -0.05) is 18.7 Å². The predicted molar refractivity (Wildman–Crippen MR) is 101 cm³/mol. The van der Waals surface area contributed by atoms with E-state index in [1.807, 2.05) is 0 Å². The van der Waals surface area contributed by atoms with E-state index < -0.39 is 44.2 Å². The number of pyridine rings is 2. The number of aryl methyl sites for hydroxylation is 1. The quantitative estimate of drug-likeness (QED) is 0.392. The van der Waals surface area contributed by atoms with Gasteiger partial charge in [0.2, 0.25) is 0 Å². The van der Waals surface area contributed by atoms with Gasteiger partial charge in [-0.15, -0.1) is 0 Å². The second-order valence-corrected chi connectivity index (χ2v) is 9.62. The SMILES string of the molecule is CCS(=O)(=O)c1cc(C(F)(F)F)cnc1-c1nc2cc(SCC(F)(F)F)ncc2n1C. The molecule has 0 aliphatic rings. The van der Waals surface area contributed by atoms with Gasteiger partial charge in [0.05, 0.1) is 44.2 Å². The van der Waals surface area contributed by atoms with Gasteiger partial charge in [0, 0.05) is 13.2 Å². The molecule has 0 spiro atoms. The van der Waals surface area contributed by atoms with E-state index in [4.69, 9.17) is 0 Å². The third-order valence-electron chi connectivity index (χ3n) is 4.23. The van der Waals surface area contributed by atoms with Crippen molar-refractivity contribution in [2.24, 2.45) is 7.05 Å². The maximum atomic E-state index is 13.1. The zero-order valence-corrected chi connectivity index (χ0v) is 17.5. The number of thioether (sulfide) groups is 1. The van der Waals surface area contributed by atoms with E-state index in [2.05, 4.69) is 15.0 Å². The lowest BCUT2D eigenvalue weighted by atomic mass is 10.2. The molecule has 0 aromatic carbocycles. The Morgan fingerprint density at radius 1 is 1.06 bits per heavy atom. The van der Waals surface area contributed by atoms with Crippen molar-refractivity contribution in [1.29, 1.82) is 0 Å². The smallest absolute Gasteiger partial charge is 0.324 e. The number of hydrogen-bond acceptors (Lipinski definition) is 6. The van der Waals surface area contributed by atoms with E-state index >= 15 is 0 Å². The highest BCUT2D eigenvalue weighted by molar-refractivity contribution is 7.99. The third kappa shape index (κ3) is 4.95. The lowest BCUT2D eigenvalue weighted by Gasteiger charge is -2.12. The van der Waals surface area contributed by atoms with Crippen LogP contribution in [-0.2, 0) is 23.1 Å². The van der Waals surface area contributed by atoms with Crippen molar-refractivity contribution >= 4 is 32.6 Å². The van der Waals surface area contributed by atoms with Gasteiger partial charge >= 0.3 is 12.4 Å². The van der Waals surface area contributed by atoms with Gasteiger partial charge in [-0.2, -0.15) is 26.3 Å². The minimum absolute atomic E-state index is 0.0382. The Kier molecular flexibility index (Phi) is 5.99. The molecule has 3 heterocycles. The van der Waals surface area contributed by atoms with E-state index in [1.54, 1.807) is 0 Å². The standard InChI is InChI=1S/C17H14F6N4O2S2/c1-3-31(28,29)12-4-9(17(21,22)23)6-25-14(12)15-26-10-5-13(30-8-16(18,19)20)24-7-11(10)27(15)2/h4-7H,3,8H2,1-2H3. The van der Waals surface area contributed by atoms with Crippen LogP contribution in [0.4, 0.5) is 26.3 Å². The summed E-state index contributed by atoms with van der Waals surface area (Å²) < 4.78 is 103. The van der Waals surface area contributed by atoms with Crippen molar-refractivity contribution in [3.05, 3.63) is 30.1 Å². The lowest BCUT2D eigenvalue weighted by molar-refractivity contribution is -0.138. The number of aromatic nitrogens is 4. The van der Waals surface area contributed by atoms with Crippen LogP contribution >= 0.6 is 11.8 Å². The summed E-state index contributed by atoms with van der Waals surface area (Å²) in [6, 6.07) is 1.79. The molecule has 3 rings (SSSR count). The maximum absolute atomic E-state index is 13.1. The number of nitrogens with zero attached hydrogens (tertiary/aromatic N) is 4. The van der Waals surface area contributed by atoms with Crippen LogP contribution in [0.15, 0.2) is 34.4 Å². The first-order valence-corrected chi connectivity index (χ1v) is 11.2. The van der Waals surface area contributed by atoms with Crippen LogP contribution in [0.25, 0.3) is 22.6 Å². The monoisotopic (exact) mass is 484 g/mol. The van der Waals surface area contributed by atoms with Crippen LogP contribution in [-0.4, -0.2) is 45.6 Å². The number of rotatable bonds is 5. The van der Waals surface area contributed by atoms with Crippen LogP contribution < -0.4 is 0 Å².